The Labute approximate surface area is 177 Å². The largest absolute Gasteiger partial charge is 0.469 e. The summed E-state index contributed by atoms with van der Waals surface area (Å²) in [5, 5.41) is 4.09. The van der Waals surface area contributed by atoms with Crippen molar-refractivity contribution in [3.8, 4) is 0 Å². The van der Waals surface area contributed by atoms with Crippen LogP contribution < -0.4 is 5.32 Å². The summed E-state index contributed by atoms with van der Waals surface area (Å²) in [5.74, 6) is -0.229. The van der Waals surface area contributed by atoms with E-state index < -0.39 is 0 Å². The van der Waals surface area contributed by atoms with Gasteiger partial charge in [-0.25, -0.2) is 0 Å². The van der Waals surface area contributed by atoms with Crippen LogP contribution in [0.1, 0.15) is 67.9 Å². The molecule has 6 nitrogen and oxygen atoms in total. The Balaban J connectivity index is 1.63. The lowest BCUT2D eigenvalue weighted by atomic mass is 9.95. The number of rotatable bonds is 6. The van der Waals surface area contributed by atoms with Crippen molar-refractivity contribution >= 4 is 23.3 Å². The van der Waals surface area contributed by atoms with Crippen LogP contribution in [-0.4, -0.2) is 39.2 Å². The summed E-state index contributed by atoms with van der Waals surface area (Å²) in [4.78, 5) is 18.4. The van der Waals surface area contributed by atoms with E-state index in [1.54, 1.807) is 6.20 Å². The average molecular weight is 413 g/mol. The van der Waals surface area contributed by atoms with Gasteiger partial charge in [-0.05, 0) is 48.8 Å². The molecule has 1 aliphatic carbocycles. The third kappa shape index (κ3) is 4.29. The number of aromatic nitrogens is 2. The Bertz CT molecular complexity index is 848. The second kappa shape index (κ2) is 8.95. The van der Waals surface area contributed by atoms with Crippen LogP contribution in [-0.2, 0) is 9.53 Å². The summed E-state index contributed by atoms with van der Waals surface area (Å²) in [6.07, 6.45) is 13.0. The van der Waals surface area contributed by atoms with Gasteiger partial charge in [0.25, 0.3) is 0 Å². The number of thiocarbonyl (C=S) groups is 1. The highest BCUT2D eigenvalue weighted by Crippen LogP contribution is 2.39. The molecule has 1 aliphatic heterocycles. The molecule has 1 saturated heterocycles. The molecule has 2 atom stereocenters. The van der Waals surface area contributed by atoms with Gasteiger partial charge in [0, 0.05) is 31.2 Å². The van der Waals surface area contributed by atoms with Gasteiger partial charge in [0.2, 0.25) is 0 Å². The van der Waals surface area contributed by atoms with Crippen molar-refractivity contribution in [1.29, 1.82) is 0 Å². The molecule has 2 aromatic heterocycles. The van der Waals surface area contributed by atoms with Crippen molar-refractivity contribution in [2.24, 2.45) is 0 Å². The van der Waals surface area contributed by atoms with E-state index in [0.29, 0.717) is 24.1 Å². The van der Waals surface area contributed by atoms with Crippen molar-refractivity contribution in [3.05, 3.63) is 54.1 Å². The lowest BCUT2D eigenvalue weighted by molar-refractivity contribution is -0.140. The van der Waals surface area contributed by atoms with Crippen molar-refractivity contribution in [1.82, 2.24) is 19.8 Å². The van der Waals surface area contributed by atoms with Crippen LogP contribution in [0.2, 0.25) is 0 Å². The number of methoxy groups -OCH3 is 1. The number of nitrogens with one attached hydrogen (secondary N) is 1. The monoisotopic (exact) mass is 412 g/mol. The second-order valence-corrected chi connectivity index (χ2v) is 8.22. The minimum absolute atomic E-state index is 0.00750. The molecule has 3 heterocycles. The van der Waals surface area contributed by atoms with E-state index in [-0.39, 0.29) is 18.1 Å². The van der Waals surface area contributed by atoms with E-state index in [4.69, 9.17) is 17.0 Å². The molecule has 0 aromatic carbocycles. The lowest BCUT2D eigenvalue weighted by Gasteiger charge is -2.27. The summed E-state index contributed by atoms with van der Waals surface area (Å²) in [5.41, 5.74) is 2.15. The van der Waals surface area contributed by atoms with Crippen molar-refractivity contribution < 1.29 is 9.53 Å². The third-order valence-electron chi connectivity index (χ3n) is 6.06. The normalized spacial score (nSPS) is 22.5. The van der Waals surface area contributed by atoms with Gasteiger partial charge < -0.3 is 19.5 Å². The van der Waals surface area contributed by atoms with E-state index >= 15 is 0 Å². The molecule has 1 N–H and O–H groups in total. The molecule has 0 amide bonds. The van der Waals surface area contributed by atoms with Gasteiger partial charge in [0.1, 0.15) is 0 Å². The molecule has 154 valence electrons. The fourth-order valence-corrected chi connectivity index (χ4v) is 4.87. The maximum absolute atomic E-state index is 11.8. The first-order chi connectivity index (χ1) is 14.2. The van der Waals surface area contributed by atoms with Crippen LogP contribution in [0, 0.1) is 0 Å². The predicted octanol–water partition coefficient (Wildman–Crippen LogP) is 3.92. The second-order valence-electron chi connectivity index (χ2n) is 7.83. The molecule has 0 unspecified atom stereocenters. The number of ether oxygens (including phenoxy) is 1. The van der Waals surface area contributed by atoms with Crippen molar-refractivity contribution in [2.45, 2.75) is 56.7 Å². The zero-order valence-electron chi connectivity index (χ0n) is 16.8. The molecule has 0 spiro atoms. The molecule has 4 rings (SSSR count). The van der Waals surface area contributed by atoms with Gasteiger partial charge in [-0.1, -0.05) is 25.3 Å². The van der Waals surface area contributed by atoms with Crippen molar-refractivity contribution in [3.63, 3.8) is 0 Å². The third-order valence-corrected chi connectivity index (χ3v) is 6.41. The van der Waals surface area contributed by atoms with Gasteiger partial charge in [0.15, 0.2) is 5.11 Å². The van der Waals surface area contributed by atoms with Gasteiger partial charge in [-0.15, -0.1) is 0 Å². The topological polar surface area (TPSA) is 59.4 Å². The van der Waals surface area contributed by atoms with Gasteiger partial charge in [-0.3, -0.25) is 9.78 Å². The summed E-state index contributed by atoms with van der Waals surface area (Å²) in [6.45, 7) is 0.515. The minimum atomic E-state index is -0.229. The molecule has 2 aliphatic rings. The molecule has 2 aromatic rings. The maximum Gasteiger partial charge on any atom is 0.307 e. The maximum atomic E-state index is 11.8. The summed E-state index contributed by atoms with van der Waals surface area (Å²) in [6, 6.07) is 8.64. The first-order valence-corrected chi connectivity index (χ1v) is 10.8. The zero-order chi connectivity index (χ0) is 20.2. The quantitative estimate of drug-likeness (QED) is 0.573. The molecule has 0 bridgehead atoms. The summed E-state index contributed by atoms with van der Waals surface area (Å²) >= 11 is 5.64. The molecular formula is C22H28N4O2S. The number of hydrogen-bond acceptors (Lipinski definition) is 4. The average Bonchev–Trinajstić information content (AvgIpc) is 3.38. The Hall–Kier alpha value is -2.41. The smallest absolute Gasteiger partial charge is 0.307 e. The highest BCUT2D eigenvalue weighted by molar-refractivity contribution is 7.80. The lowest BCUT2D eigenvalue weighted by Crippen LogP contribution is -2.31. The fraction of sp³-hybridized carbons (Fsp3) is 0.500. The number of nitrogens with zero attached hydrogens (tertiary/aromatic N) is 3. The summed E-state index contributed by atoms with van der Waals surface area (Å²) < 4.78 is 7.20. The van der Waals surface area contributed by atoms with Gasteiger partial charge >= 0.3 is 5.97 Å². The van der Waals surface area contributed by atoms with Crippen LogP contribution >= 0.6 is 12.2 Å². The van der Waals surface area contributed by atoms with Crippen LogP contribution in [0.25, 0.3) is 0 Å². The molecule has 1 saturated carbocycles. The van der Waals surface area contributed by atoms with Crippen LogP contribution in [0.15, 0.2) is 42.9 Å². The first kappa shape index (κ1) is 19.9. The number of hydrogen-bond donors (Lipinski definition) is 1. The number of carbonyl (C=O) groups is 1. The van der Waals surface area contributed by atoms with Crippen LogP contribution in [0.5, 0.6) is 0 Å². The minimum Gasteiger partial charge on any atom is -0.469 e. The van der Waals surface area contributed by atoms with Gasteiger partial charge in [0.05, 0.1) is 31.3 Å². The van der Waals surface area contributed by atoms with Crippen molar-refractivity contribution in [2.75, 3.05) is 13.7 Å². The fourth-order valence-electron chi connectivity index (χ4n) is 4.54. The van der Waals surface area contributed by atoms with Gasteiger partial charge in [-0.2, -0.15) is 0 Å². The SMILES string of the molecule is COC(=O)CCN1C(=S)N[C@@H](c2ccccn2)[C@@H]1c1ccn(C2CCCCC2)c1. The number of esters is 1. The standard InChI is InChI=1S/C22H28N4O2S/c1-28-19(27)11-14-26-21(20(24-22(26)29)18-9-5-6-12-23-18)16-10-13-25(15-16)17-7-3-2-4-8-17/h5-6,9-10,12-13,15,17,20-21H,2-4,7-8,11,14H2,1H3,(H,24,29)/t20-,21-/m0/s1. The molecular weight excluding hydrogens is 384 g/mol. The Morgan fingerprint density at radius 2 is 2.10 bits per heavy atom. The highest BCUT2D eigenvalue weighted by Gasteiger charge is 2.40. The Morgan fingerprint density at radius 1 is 1.28 bits per heavy atom. The van der Waals surface area contributed by atoms with E-state index in [1.807, 2.05) is 18.2 Å². The number of pyridine rings is 1. The van der Waals surface area contributed by atoms with E-state index in [9.17, 15) is 4.79 Å². The predicted molar refractivity (Wildman–Crippen MR) is 115 cm³/mol. The van der Waals surface area contributed by atoms with E-state index in [2.05, 4.69) is 38.2 Å². The molecule has 2 fully saturated rings. The highest BCUT2D eigenvalue weighted by atomic mass is 32.1. The summed E-state index contributed by atoms with van der Waals surface area (Å²) in [7, 11) is 1.42. The van der Waals surface area contributed by atoms with E-state index in [0.717, 1.165) is 5.69 Å². The number of carbonyl (C=O) groups excluding carboxylic acids is 1. The Kier molecular flexibility index (Phi) is 6.13. The first-order valence-electron chi connectivity index (χ1n) is 10.4. The zero-order valence-corrected chi connectivity index (χ0v) is 17.6. The Morgan fingerprint density at radius 3 is 2.83 bits per heavy atom. The van der Waals surface area contributed by atoms with Crippen LogP contribution in [0.3, 0.4) is 0 Å². The molecule has 29 heavy (non-hydrogen) atoms. The molecule has 7 heteroatoms. The van der Waals surface area contributed by atoms with Crippen LogP contribution in [0.4, 0.5) is 0 Å². The molecule has 0 radical (unpaired) electrons. The van der Waals surface area contributed by atoms with E-state index in [1.165, 1.54) is 44.8 Å².